The first-order valence-electron chi connectivity index (χ1n) is 9.63. The molecule has 0 spiro atoms. The minimum Gasteiger partial charge on any atom is -0.378 e. The second-order valence-corrected chi connectivity index (χ2v) is 7.11. The zero-order valence-corrected chi connectivity index (χ0v) is 15.5. The van der Waals surface area contributed by atoms with E-state index in [1.54, 1.807) is 15.4 Å². The summed E-state index contributed by atoms with van der Waals surface area (Å²) in [5, 5.41) is 17.6. The van der Waals surface area contributed by atoms with E-state index in [9.17, 15) is 4.79 Å². The van der Waals surface area contributed by atoms with E-state index in [0.717, 1.165) is 30.1 Å². The molecule has 0 saturated carbocycles. The number of urea groups is 1. The number of hydrogen-bond donors (Lipinski definition) is 0. The summed E-state index contributed by atoms with van der Waals surface area (Å²) in [7, 11) is 0. The van der Waals surface area contributed by atoms with Crippen LogP contribution in [0.4, 0.5) is 4.79 Å². The second kappa shape index (κ2) is 7.19. The fourth-order valence-electron chi connectivity index (χ4n) is 3.86. The van der Waals surface area contributed by atoms with Crippen molar-refractivity contribution in [3.63, 3.8) is 0 Å². The molecule has 2 aliphatic rings. The Bertz CT molecular complexity index is 955. The zero-order chi connectivity index (χ0) is 18.9. The highest BCUT2D eigenvalue weighted by molar-refractivity contribution is 5.74. The third-order valence-electron chi connectivity index (χ3n) is 5.42. The number of piperidine rings is 1. The number of ether oxygens (including phenoxy) is 1. The van der Waals surface area contributed by atoms with Crippen molar-refractivity contribution in [3.05, 3.63) is 36.4 Å². The quantitative estimate of drug-likeness (QED) is 0.655. The van der Waals surface area contributed by atoms with Gasteiger partial charge in [-0.1, -0.05) is 0 Å². The number of morpholine rings is 1. The zero-order valence-electron chi connectivity index (χ0n) is 15.5. The molecule has 2 amide bonds. The van der Waals surface area contributed by atoms with E-state index >= 15 is 0 Å². The normalized spacial score (nSPS) is 18.7. The minimum absolute atomic E-state index is 0.118. The second-order valence-electron chi connectivity index (χ2n) is 7.11. The predicted octanol–water partition coefficient (Wildman–Crippen LogP) is 0.942. The molecule has 10 heteroatoms. The van der Waals surface area contributed by atoms with E-state index in [0.29, 0.717) is 39.4 Å². The summed E-state index contributed by atoms with van der Waals surface area (Å²) in [6.07, 6.45) is 5.28. The van der Waals surface area contributed by atoms with Gasteiger partial charge in [-0.25, -0.2) is 9.48 Å². The van der Waals surface area contributed by atoms with E-state index in [1.165, 1.54) is 0 Å². The van der Waals surface area contributed by atoms with Crippen molar-refractivity contribution in [2.75, 3.05) is 39.4 Å². The van der Waals surface area contributed by atoms with Gasteiger partial charge < -0.3 is 14.5 Å². The molecule has 0 aromatic carbocycles. The molecular formula is C18H22N8O2. The van der Waals surface area contributed by atoms with Gasteiger partial charge in [-0.2, -0.15) is 9.61 Å². The number of amides is 2. The lowest BCUT2D eigenvalue weighted by Crippen LogP contribution is -2.50. The Morgan fingerprint density at radius 1 is 1.04 bits per heavy atom. The van der Waals surface area contributed by atoms with Crippen molar-refractivity contribution >= 4 is 11.7 Å². The van der Waals surface area contributed by atoms with Gasteiger partial charge in [-0.3, -0.25) is 0 Å². The fraction of sp³-hybridized carbons (Fsp3) is 0.500. The molecule has 0 atom stereocenters. The number of fused-ring (bicyclic) bond motifs is 1. The van der Waals surface area contributed by atoms with Crippen LogP contribution in [0.3, 0.4) is 0 Å². The van der Waals surface area contributed by atoms with Gasteiger partial charge in [0, 0.05) is 44.5 Å². The molecular weight excluding hydrogens is 360 g/mol. The van der Waals surface area contributed by atoms with E-state index in [4.69, 9.17) is 4.74 Å². The molecule has 3 aromatic heterocycles. The molecule has 2 saturated heterocycles. The van der Waals surface area contributed by atoms with Crippen LogP contribution in [0.1, 0.15) is 24.6 Å². The van der Waals surface area contributed by atoms with Gasteiger partial charge in [0.15, 0.2) is 17.3 Å². The topological polar surface area (TPSA) is 93.7 Å². The van der Waals surface area contributed by atoms with Crippen molar-refractivity contribution in [1.82, 2.24) is 39.4 Å². The summed E-state index contributed by atoms with van der Waals surface area (Å²) in [5.41, 5.74) is 0.720. The standard InChI is InChI=1S/C18H22N8O2/c27-18(24-10-12-28-13-11-24)23-8-4-14(5-9-23)17-21-20-15-2-3-16(22-26(15)17)25-7-1-6-19-25/h1-3,6-7,14H,4-5,8-13H2. The van der Waals surface area contributed by atoms with E-state index in [1.807, 2.05) is 34.2 Å². The number of aromatic nitrogens is 6. The Labute approximate surface area is 161 Å². The number of carbonyl (C=O) groups is 1. The molecule has 10 nitrogen and oxygen atoms in total. The van der Waals surface area contributed by atoms with Gasteiger partial charge in [-0.05, 0) is 31.0 Å². The molecule has 0 N–H and O–H groups in total. The Kier molecular flexibility index (Phi) is 4.40. The van der Waals surface area contributed by atoms with Crippen molar-refractivity contribution < 1.29 is 9.53 Å². The molecule has 146 valence electrons. The molecule has 3 aromatic rings. The Balaban J connectivity index is 1.31. The van der Waals surface area contributed by atoms with Crippen molar-refractivity contribution in [2.24, 2.45) is 0 Å². The highest BCUT2D eigenvalue weighted by Crippen LogP contribution is 2.27. The summed E-state index contributed by atoms with van der Waals surface area (Å²) >= 11 is 0. The van der Waals surface area contributed by atoms with Crippen molar-refractivity contribution in [3.8, 4) is 5.82 Å². The molecule has 28 heavy (non-hydrogen) atoms. The first kappa shape index (κ1) is 17.1. The van der Waals surface area contributed by atoms with Crippen LogP contribution in [-0.4, -0.2) is 84.8 Å². The van der Waals surface area contributed by atoms with E-state index in [-0.39, 0.29) is 11.9 Å². The Morgan fingerprint density at radius 3 is 2.57 bits per heavy atom. The average Bonchev–Trinajstić information content (AvgIpc) is 3.44. The van der Waals surface area contributed by atoms with Gasteiger partial charge in [0.05, 0.1) is 13.2 Å². The van der Waals surface area contributed by atoms with Gasteiger partial charge >= 0.3 is 6.03 Å². The maximum Gasteiger partial charge on any atom is 0.320 e. The molecule has 0 bridgehead atoms. The van der Waals surface area contributed by atoms with Crippen LogP contribution in [0.25, 0.3) is 11.5 Å². The maximum atomic E-state index is 12.7. The lowest BCUT2D eigenvalue weighted by atomic mass is 9.96. The monoisotopic (exact) mass is 382 g/mol. The van der Waals surface area contributed by atoms with Crippen LogP contribution in [-0.2, 0) is 4.74 Å². The molecule has 0 unspecified atom stereocenters. The third-order valence-corrected chi connectivity index (χ3v) is 5.42. The third kappa shape index (κ3) is 3.09. The Hall–Kier alpha value is -3.01. The summed E-state index contributed by atoms with van der Waals surface area (Å²) in [6.45, 7) is 4.03. The van der Waals surface area contributed by atoms with Crippen LogP contribution in [0.15, 0.2) is 30.6 Å². The number of hydrogen-bond acceptors (Lipinski definition) is 6. The average molecular weight is 382 g/mol. The van der Waals surface area contributed by atoms with Crippen LogP contribution in [0, 0.1) is 0 Å². The van der Waals surface area contributed by atoms with Gasteiger partial charge in [0.1, 0.15) is 0 Å². The molecule has 0 aliphatic carbocycles. The highest BCUT2D eigenvalue weighted by Gasteiger charge is 2.30. The first-order chi connectivity index (χ1) is 13.8. The number of likely N-dealkylation sites (tertiary alicyclic amines) is 1. The van der Waals surface area contributed by atoms with Crippen LogP contribution < -0.4 is 0 Å². The SMILES string of the molecule is O=C(N1CCOCC1)N1CCC(c2nnc3ccc(-n4cccn4)nn23)CC1. The van der Waals surface area contributed by atoms with Crippen molar-refractivity contribution in [2.45, 2.75) is 18.8 Å². The van der Waals surface area contributed by atoms with Crippen LogP contribution >= 0.6 is 0 Å². The summed E-state index contributed by atoms with van der Waals surface area (Å²) in [6, 6.07) is 5.76. The number of carbonyl (C=O) groups excluding carboxylic acids is 1. The first-order valence-corrected chi connectivity index (χ1v) is 9.63. The van der Waals surface area contributed by atoms with Crippen LogP contribution in [0.5, 0.6) is 0 Å². The summed E-state index contributed by atoms with van der Waals surface area (Å²) in [4.78, 5) is 16.5. The van der Waals surface area contributed by atoms with Gasteiger partial charge in [0.25, 0.3) is 0 Å². The molecule has 2 fully saturated rings. The fourth-order valence-corrected chi connectivity index (χ4v) is 3.86. The maximum absolute atomic E-state index is 12.7. The summed E-state index contributed by atoms with van der Waals surface area (Å²) in [5.74, 6) is 1.80. The van der Waals surface area contributed by atoms with Crippen molar-refractivity contribution in [1.29, 1.82) is 0 Å². The van der Waals surface area contributed by atoms with Gasteiger partial charge in [0.2, 0.25) is 0 Å². The summed E-state index contributed by atoms with van der Waals surface area (Å²) < 4.78 is 8.86. The Morgan fingerprint density at radius 2 is 1.82 bits per heavy atom. The van der Waals surface area contributed by atoms with E-state index < -0.39 is 0 Å². The molecule has 5 rings (SSSR count). The molecule has 0 radical (unpaired) electrons. The highest BCUT2D eigenvalue weighted by atomic mass is 16.5. The molecule has 5 heterocycles. The number of nitrogens with zero attached hydrogens (tertiary/aromatic N) is 8. The largest absolute Gasteiger partial charge is 0.378 e. The van der Waals surface area contributed by atoms with Crippen LogP contribution in [0.2, 0.25) is 0 Å². The predicted molar refractivity (Wildman–Crippen MR) is 99.2 cm³/mol. The van der Waals surface area contributed by atoms with E-state index in [2.05, 4.69) is 20.4 Å². The lowest BCUT2D eigenvalue weighted by molar-refractivity contribution is 0.0410. The molecule has 2 aliphatic heterocycles. The van der Waals surface area contributed by atoms with Gasteiger partial charge in [-0.15, -0.1) is 15.3 Å². The smallest absolute Gasteiger partial charge is 0.320 e. The minimum atomic E-state index is 0.118. The number of rotatable bonds is 2. The lowest BCUT2D eigenvalue weighted by Gasteiger charge is -2.36.